The van der Waals surface area contributed by atoms with Gasteiger partial charge in [0.2, 0.25) is 0 Å². The highest BCUT2D eigenvalue weighted by molar-refractivity contribution is 5.93. The third-order valence-corrected chi connectivity index (χ3v) is 3.40. The van der Waals surface area contributed by atoms with E-state index in [4.69, 9.17) is 19.7 Å². The predicted octanol–water partition coefficient (Wildman–Crippen LogP) is 1.10. The fourth-order valence-electron chi connectivity index (χ4n) is 2.45. The Hall–Kier alpha value is -2.98. The molecule has 0 unspecified atom stereocenters. The monoisotopic (exact) mass is 442 g/mol. The molecule has 31 heavy (non-hydrogen) atoms. The summed E-state index contributed by atoms with van der Waals surface area (Å²) in [6, 6.07) is 6.17. The van der Waals surface area contributed by atoms with E-state index in [1.54, 1.807) is 12.1 Å². The molecule has 0 heterocycles. The Labute approximate surface area is 182 Å². The molecule has 0 aromatic heterocycles. The number of aliphatic carboxylic acids is 2. The third kappa shape index (κ3) is 14.6. The van der Waals surface area contributed by atoms with Crippen molar-refractivity contribution in [2.24, 2.45) is 0 Å². The van der Waals surface area contributed by atoms with Crippen LogP contribution in [-0.2, 0) is 19.1 Å². The summed E-state index contributed by atoms with van der Waals surface area (Å²) in [6.07, 6.45) is -1.08. The van der Waals surface area contributed by atoms with Gasteiger partial charge < -0.3 is 28.7 Å². The first-order valence-corrected chi connectivity index (χ1v) is 9.53. The van der Waals surface area contributed by atoms with Gasteiger partial charge in [-0.05, 0) is 12.1 Å². The summed E-state index contributed by atoms with van der Waals surface area (Å²) < 4.78 is 11.2. The van der Waals surface area contributed by atoms with E-state index in [0.717, 1.165) is 0 Å². The molecule has 174 valence electrons. The van der Waals surface area contributed by atoms with Crippen LogP contribution in [0.3, 0.4) is 0 Å². The summed E-state index contributed by atoms with van der Waals surface area (Å²) in [6.45, 7) is 1.75. The van der Waals surface area contributed by atoms with Gasteiger partial charge in [0, 0.05) is 6.92 Å². The highest BCUT2D eigenvalue weighted by atomic mass is 16.6. The Morgan fingerprint density at radius 3 is 1.84 bits per heavy atom. The van der Waals surface area contributed by atoms with Crippen molar-refractivity contribution in [2.45, 2.75) is 19.4 Å². The molecule has 1 rings (SSSR count). The summed E-state index contributed by atoms with van der Waals surface area (Å²) in [5, 5.41) is 17.2. The van der Waals surface area contributed by atoms with Crippen LogP contribution in [0.2, 0.25) is 0 Å². The number of nitrogens with zero attached hydrogens (tertiary/aromatic N) is 2. The highest BCUT2D eigenvalue weighted by Crippen LogP contribution is 2.20. The second-order valence-electron chi connectivity index (χ2n) is 9.03. The summed E-state index contributed by atoms with van der Waals surface area (Å²) in [4.78, 5) is 44.4. The lowest BCUT2D eigenvalue weighted by Gasteiger charge is -2.28. The van der Waals surface area contributed by atoms with Crippen LogP contribution in [0.15, 0.2) is 24.3 Å². The zero-order valence-electron chi connectivity index (χ0n) is 19.2. The molecule has 0 amide bonds. The minimum absolute atomic E-state index is 0.0829. The molecule has 10 heteroatoms. The number of hydrogen-bond donors (Lipinski definition) is 2. The number of carbonyl (C=O) groups is 4. The van der Waals surface area contributed by atoms with Crippen molar-refractivity contribution in [2.75, 3.05) is 55.4 Å². The average molecular weight is 443 g/mol. The molecule has 0 aliphatic rings. The first-order valence-electron chi connectivity index (χ1n) is 9.53. The maximum Gasteiger partial charge on any atom is 0.359 e. The van der Waals surface area contributed by atoms with Gasteiger partial charge in [0.05, 0.1) is 48.7 Å². The van der Waals surface area contributed by atoms with Crippen LogP contribution in [0, 0.1) is 0 Å². The van der Waals surface area contributed by atoms with Crippen LogP contribution in [0.5, 0.6) is 5.75 Å². The van der Waals surface area contributed by atoms with E-state index in [0.29, 0.717) is 15.5 Å². The molecule has 10 nitrogen and oxygen atoms in total. The van der Waals surface area contributed by atoms with Gasteiger partial charge in [0.25, 0.3) is 0 Å². The van der Waals surface area contributed by atoms with Gasteiger partial charge in [0.1, 0.15) is 17.9 Å². The van der Waals surface area contributed by atoms with E-state index in [9.17, 15) is 19.2 Å². The number of hydrogen-bond acceptors (Lipinski definition) is 6. The fraction of sp³-hybridized carbons (Fsp3) is 0.524. The number of benzene rings is 1. The van der Waals surface area contributed by atoms with Crippen molar-refractivity contribution < 1.29 is 47.8 Å². The molecule has 0 spiro atoms. The first kappa shape index (κ1) is 28.0. The van der Waals surface area contributed by atoms with Gasteiger partial charge in [-0.25, -0.2) is 9.59 Å². The molecule has 0 radical (unpaired) electrons. The average Bonchev–Trinajstić information content (AvgIpc) is 2.50. The molecular formula is C21H34N2O8+2. The zero-order chi connectivity index (χ0) is 24.4. The summed E-state index contributed by atoms with van der Waals surface area (Å²) >= 11 is 0. The lowest BCUT2D eigenvalue weighted by atomic mass is 10.2. The lowest BCUT2D eigenvalue weighted by Crippen LogP contribution is -2.43. The molecule has 0 saturated carbocycles. The smallest absolute Gasteiger partial charge is 0.359 e. The second-order valence-corrected chi connectivity index (χ2v) is 9.03. The van der Waals surface area contributed by atoms with Crippen molar-refractivity contribution in [1.29, 1.82) is 0 Å². The molecular weight excluding hydrogens is 408 g/mol. The molecule has 1 aromatic rings. The second kappa shape index (κ2) is 12.0. The number of carboxylic acid groups (broad SMARTS) is 2. The Kier molecular flexibility index (Phi) is 10.9. The topological polar surface area (TPSA) is 127 Å². The van der Waals surface area contributed by atoms with Gasteiger partial charge in [-0.2, -0.15) is 0 Å². The molecule has 0 saturated heterocycles. The first-order chi connectivity index (χ1) is 14.0. The molecule has 0 fully saturated rings. The minimum atomic E-state index is -1.05. The van der Waals surface area contributed by atoms with E-state index in [2.05, 4.69) is 0 Å². The zero-order valence-corrected chi connectivity index (χ0v) is 19.2. The standard InChI is InChI=1S/C16H21NO6.C5H11NO2/c1-11(18)22-14-8-6-5-7-13(14)16(21)23-12(9-15(19)20)10-17(2,3)4;1-6(2,3)4-5(7)8/h5-8,12H,9-10H2,1-4H3;4H2,1-3H3/p+2/t12-;/m0./s1. The number of para-hydroxylation sites is 1. The summed E-state index contributed by atoms with van der Waals surface area (Å²) in [5.41, 5.74) is 0.0829. The van der Waals surface area contributed by atoms with Crippen molar-refractivity contribution in [1.82, 2.24) is 0 Å². The number of quaternary nitrogens is 2. The van der Waals surface area contributed by atoms with Crippen LogP contribution in [0.25, 0.3) is 0 Å². The van der Waals surface area contributed by atoms with Gasteiger partial charge in [-0.15, -0.1) is 0 Å². The van der Waals surface area contributed by atoms with E-state index >= 15 is 0 Å². The van der Waals surface area contributed by atoms with Crippen LogP contribution in [0.1, 0.15) is 23.7 Å². The molecule has 2 N–H and O–H groups in total. The normalized spacial score (nSPS) is 12.1. The number of carbonyl (C=O) groups excluding carboxylic acids is 2. The quantitative estimate of drug-likeness (QED) is 0.331. The van der Waals surface area contributed by atoms with E-state index in [1.807, 2.05) is 42.3 Å². The summed E-state index contributed by atoms with van der Waals surface area (Å²) in [5.74, 6) is -2.99. The number of carboxylic acids is 2. The van der Waals surface area contributed by atoms with E-state index < -0.39 is 30.0 Å². The molecule has 0 aliphatic heterocycles. The van der Waals surface area contributed by atoms with Gasteiger partial charge in [-0.3, -0.25) is 9.59 Å². The molecule has 0 bridgehead atoms. The van der Waals surface area contributed by atoms with Crippen LogP contribution in [-0.4, -0.2) is 105 Å². The van der Waals surface area contributed by atoms with Crippen molar-refractivity contribution in [3.63, 3.8) is 0 Å². The Morgan fingerprint density at radius 1 is 0.903 bits per heavy atom. The number of ether oxygens (including phenoxy) is 2. The van der Waals surface area contributed by atoms with Gasteiger partial charge in [0.15, 0.2) is 12.6 Å². The Bertz CT molecular complexity index is 778. The van der Waals surface area contributed by atoms with Crippen molar-refractivity contribution >= 4 is 23.9 Å². The fourth-order valence-corrected chi connectivity index (χ4v) is 2.45. The highest BCUT2D eigenvalue weighted by Gasteiger charge is 2.26. The molecule has 1 aromatic carbocycles. The Morgan fingerprint density at radius 2 is 1.45 bits per heavy atom. The molecule has 0 aliphatic carbocycles. The maximum atomic E-state index is 12.3. The minimum Gasteiger partial charge on any atom is -0.481 e. The van der Waals surface area contributed by atoms with Crippen molar-refractivity contribution in [3.8, 4) is 5.75 Å². The van der Waals surface area contributed by atoms with Crippen LogP contribution in [0.4, 0.5) is 0 Å². The van der Waals surface area contributed by atoms with E-state index in [-0.39, 0.29) is 24.3 Å². The van der Waals surface area contributed by atoms with Gasteiger partial charge >= 0.3 is 23.9 Å². The third-order valence-electron chi connectivity index (χ3n) is 3.40. The van der Waals surface area contributed by atoms with Crippen LogP contribution >= 0.6 is 0 Å². The number of rotatable bonds is 9. The number of likely N-dealkylation sites (N-methyl/N-ethyl adjacent to an activating group) is 2. The Balaban J connectivity index is 0.000000954. The predicted molar refractivity (Wildman–Crippen MR) is 113 cm³/mol. The van der Waals surface area contributed by atoms with Gasteiger partial charge in [-0.1, -0.05) is 12.1 Å². The van der Waals surface area contributed by atoms with Crippen LogP contribution < -0.4 is 4.74 Å². The lowest BCUT2D eigenvalue weighted by molar-refractivity contribution is -0.873. The largest absolute Gasteiger partial charge is 0.481 e. The van der Waals surface area contributed by atoms with Crippen molar-refractivity contribution in [3.05, 3.63) is 29.8 Å². The maximum absolute atomic E-state index is 12.3. The molecule has 1 atom stereocenters. The summed E-state index contributed by atoms with van der Waals surface area (Å²) in [7, 11) is 11.1. The number of esters is 2. The SMILES string of the molecule is CC(=O)Oc1ccccc1C(=O)O[C@@H](CC(=O)O)C[N+](C)(C)C.C[N+](C)(C)CC(=O)O. The van der Waals surface area contributed by atoms with E-state index in [1.165, 1.54) is 19.1 Å².